The zero-order valence-electron chi connectivity index (χ0n) is 10.8. The van der Waals surface area contributed by atoms with E-state index in [0.29, 0.717) is 10.8 Å². The predicted molar refractivity (Wildman–Crippen MR) is 89.5 cm³/mol. The number of halogens is 2. The van der Waals surface area contributed by atoms with Crippen LogP contribution in [0.2, 0.25) is 5.02 Å². The first-order valence-corrected chi connectivity index (χ1v) is 7.31. The SMILES string of the molecule is N/N=C\c1nc(-c2ccccc2Cl)c2cc(Br)ccc2n1. The lowest BCUT2D eigenvalue weighted by molar-refractivity contribution is 1.17. The molecule has 0 aliphatic carbocycles. The molecular formula is C15H10BrClN4. The van der Waals surface area contributed by atoms with Crippen LogP contribution in [0.15, 0.2) is 52.0 Å². The zero-order valence-corrected chi connectivity index (χ0v) is 13.1. The Morgan fingerprint density at radius 2 is 1.95 bits per heavy atom. The van der Waals surface area contributed by atoms with Crippen molar-refractivity contribution in [3.8, 4) is 11.3 Å². The largest absolute Gasteiger partial charge is 0.323 e. The van der Waals surface area contributed by atoms with E-state index in [1.807, 2.05) is 42.5 Å². The van der Waals surface area contributed by atoms with Gasteiger partial charge in [0.2, 0.25) is 0 Å². The normalized spacial score (nSPS) is 11.3. The predicted octanol–water partition coefficient (Wildman–Crippen LogP) is 4.01. The Bertz CT molecular complexity index is 848. The van der Waals surface area contributed by atoms with Crippen molar-refractivity contribution in [2.75, 3.05) is 0 Å². The number of aromatic nitrogens is 2. The number of fused-ring (bicyclic) bond motifs is 1. The molecule has 21 heavy (non-hydrogen) atoms. The number of nitrogens with zero attached hydrogens (tertiary/aromatic N) is 3. The molecule has 2 aromatic carbocycles. The number of nitrogens with two attached hydrogens (primary N) is 1. The molecule has 0 amide bonds. The maximum atomic E-state index is 6.30. The molecule has 1 heterocycles. The van der Waals surface area contributed by atoms with Crippen molar-refractivity contribution in [3.63, 3.8) is 0 Å². The van der Waals surface area contributed by atoms with Crippen molar-refractivity contribution < 1.29 is 0 Å². The minimum atomic E-state index is 0.447. The van der Waals surface area contributed by atoms with Gasteiger partial charge in [0, 0.05) is 20.4 Å². The topological polar surface area (TPSA) is 64.2 Å². The average molecular weight is 362 g/mol. The van der Waals surface area contributed by atoms with Crippen molar-refractivity contribution in [2.45, 2.75) is 0 Å². The van der Waals surface area contributed by atoms with Gasteiger partial charge in [-0.3, -0.25) is 0 Å². The molecule has 0 saturated carbocycles. The molecule has 0 atom stereocenters. The van der Waals surface area contributed by atoms with Crippen LogP contribution in [-0.2, 0) is 0 Å². The van der Waals surface area contributed by atoms with E-state index >= 15 is 0 Å². The van der Waals surface area contributed by atoms with Gasteiger partial charge >= 0.3 is 0 Å². The van der Waals surface area contributed by atoms with Gasteiger partial charge in [0.25, 0.3) is 0 Å². The van der Waals surface area contributed by atoms with Gasteiger partial charge in [-0.05, 0) is 24.3 Å². The number of hydrogen-bond donors (Lipinski definition) is 1. The summed E-state index contributed by atoms with van der Waals surface area (Å²) in [6, 6.07) is 13.4. The monoisotopic (exact) mass is 360 g/mol. The summed E-state index contributed by atoms with van der Waals surface area (Å²) in [5.41, 5.74) is 2.40. The van der Waals surface area contributed by atoms with E-state index in [1.54, 1.807) is 0 Å². The Kier molecular flexibility index (Phi) is 3.86. The molecular weight excluding hydrogens is 352 g/mol. The summed E-state index contributed by atoms with van der Waals surface area (Å²) >= 11 is 9.77. The Morgan fingerprint density at radius 1 is 1.14 bits per heavy atom. The van der Waals surface area contributed by atoms with Gasteiger partial charge in [-0.15, -0.1) is 0 Å². The van der Waals surface area contributed by atoms with Crippen molar-refractivity contribution in [1.82, 2.24) is 9.97 Å². The molecule has 0 fully saturated rings. The molecule has 3 rings (SSSR count). The number of rotatable bonds is 2. The average Bonchev–Trinajstić information content (AvgIpc) is 2.48. The van der Waals surface area contributed by atoms with Gasteiger partial charge in [-0.1, -0.05) is 45.7 Å². The molecule has 3 aromatic rings. The Hall–Kier alpha value is -1.98. The minimum absolute atomic E-state index is 0.447. The van der Waals surface area contributed by atoms with Gasteiger partial charge in [0.05, 0.1) is 17.4 Å². The third kappa shape index (κ3) is 2.75. The van der Waals surface area contributed by atoms with Gasteiger partial charge in [-0.25, -0.2) is 9.97 Å². The van der Waals surface area contributed by atoms with Gasteiger partial charge < -0.3 is 5.84 Å². The lowest BCUT2D eigenvalue weighted by Crippen LogP contribution is -1.99. The van der Waals surface area contributed by atoms with Crippen molar-refractivity contribution in [2.24, 2.45) is 10.9 Å². The summed E-state index contributed by atoms with van der Waals surface area (Å²) < 4.78 is 0.951. The smallest absolute Gasteiger partial charge is 0.173 e. The fraction of sp³-hybridized carbons (Fsp3) is 0. The van der Waals surface area contributed by atoms with Crippen LogP contribution in [0, 0.1) is 0 Å². The first-order chi connectivity index (χ1) is 10.2. The number of benzene rings is 2. The molecule has 0 saturated heterocycles. The third-order valence-electron chi connectivity index (χ3n) is 2.99. The van der Waals surface area contributed by atoms with Crippen LogP contribution >= 0.6 is 27.5 Å². The van der Waals surface area contributed by atoms with Crippen molar-refractivity contribution in [3.05, 3.63) is 57.8 Å². The maximum absolute atomic E-state index is 6.30. The van der Waals surface area contributed by atoms with E-state index in [-0.39, 0.29) is 0 Å². The van der Waals surface area contributed by atoms with Gasteiger partial charge in [0.1, 0.15) is 0 Å². The molecule has 1 aromatic heterocycles. The molecule has 0 aliphatic heterocycles. The summed E-state index contributed by atoms with van der Waals surface area (Å²) in [5, 5.41) is 5.04. The first-order valence-electron chi connectivity index (χ1n) is 6.14. The van der Waals surface area contributed by atoms with Gasteiger partial charge in [0.15, 0.2) is 5.82 Å². The molecule has 0 radical (unpaired) electrons. The summed E-state index contributed by atoms with van der Waals surface area (Å²) in [6.45, 7) is 0. The number of hydrogen-bond acceptors (Lipinski definition) is 4. The summed E-state index contributed by atoms with van der Waals surface area (Å²) in [7, 11) is 0. The van der Waals surface area contributed by atoms with Crippen LogP contribution in [-0.4, -0.2) is 16.2 Å². The molecule has 0 aliphatic rings. The van der Waals surface area contributed by atoms with Crippen LogP contribution in [0.1, 0.15) is 5.82 Å². The maximum Gasteiger partial charge on any atom is 0.173 e. The fourth-order valence-electron chi connectivity index (χ4n) is 2.10. The van der Waals surface area contributed by atoms with Crippen molar-refractivity contribution in [1.29, 1.82) is 0 Å². The second-order valence-corrected chi connectivity index (χ2v) is 5.67. The lowest BCUT2D eigenvalue weighted by Gasteiger charge is -2.09. The van der Waals surface area contributed by atoms with Gasteiger partial charge in [-0.2, -0.15) is 5.10 Å². The molecule has 104 valence electrons. The van der Waals surface area contributed by atoms with E-state index < -0.39 is 0 Å². The highest BCUT2D eigenvalue weighted by Crippen LogP contribution is 2.32. The summed E-state index contributed by atoms with van der Waals surface area (Å²) in [5.74, 6) is 5.65. The summed E-state index contributed by atoms with van der Waals surface area (Å²) in [6.07, 6.45) is 1.42. The van der Waals surface area contributed by atoms with E-state index in [4.69, 9.17) is 17.4 Å². The highest BCUT2D eigenvalue weighted by Gasteiger charge is 2.12. The number of hydrazone groups is 1. The third-order valence-corrected chi connectivity index (χ3v) is 3.82. The Morgan fingerprint density at radius 3 is 2.71 bits per heavy atom. The Balaban J connectivity index is 2.38. The van der Waals surface area contributed by atoms with Crippen LogP contribution < -0.4 is 5.84 Å². The zero-order chi connectivity index (χ0) is 14.8. The minimum Gasteiger partial charge on any atom is -0.323 e. The standard InChI is InChI=1S/C15H10BrClN4/c16-9-5-6-13-11(7-9)15(21-14(20-13)8-19-18)10-3-1-2-4-12(10)17/h1-8H,18H2/b19-8-. The second kappa shape index (κ2) is 5.79. The molecule has 0 bridgehead atoms. The highest BCUT2D eigenvalue weighted by molar-refractivity contribution is 9.10. The van der Waals surface area contributed by atoms with Crippen LogP contribution in [0.3, 0.4) is 0 Å². The quantitative estimate of drug-likeness (QED) is 0.426. The summed E-state index contributed by atoms with van der Waals surface area (Å²) in [4.78, 5) is 8.93. The molecule has 6 heteroatoms. The van der Waals surface area contributed by atoms with Crippen molar-refractivity contribution >= 4 is 44.6 Å². The molecule has 4 nitrogen and oxygen atoms in total. The van der Waals surface area contributed by atoms with E-state index in [2.05, 4.69) is 31.0 Å². The molecule has 0 spiro atoms. The van der Waals surface area contributed by atoms with Crippen LogP contribution in [0.5, 0.6) is 0 Å². The highest BCUT2D eigenvalue weighted by atomic mass is 79.9. The molecule has 0 unspecified atom stereocenters. The van der Waals surface area contributed by atoms with E-state index in [1.165, 1.54) is 6.21 Å². The lowest BCUT2D eigenvalue weighted by atomic mass is 10.1. The second-order valence-electron chi connectivity index (χ2n) is 4.35. The fourth-order valence-corrected chi connectivity index (χ4v) is 2.69. The van der Waals surface area contributed by atoms with E-state index in [0.717, 1.165) is 26.6 Å². The Labute approximate surface area is 134 Å². The first kappa shape index (κ1) is 14.0. The van der Waals surface area contributed by atoms with E-state index in [9.17, 15) is 0 Å². The van der Waals surface area contributed by atoms with Crippen LogP contribution in [0.25, 0.3) is 22.2 Å². The van der Waals surface area contributed by atoms with Crippen LogP contribution in [0.4, 0.5) is 0 Å². The molecule has 2 N–H and O–H groups in total.